The topological polar surface area (TPSA) is 31.4 Å². The Morgan fingerprint density at radius 2 is 2.31 bits per heavy atom. The van der Waals surface area contributed by atoms with Crippen molar-refractivity contribution >= 4 is 11.4 Å². The highest BCUT2D eigenvalue weighted by molar-refractivity contribution is 5.68. The van der Waals surface area contributed by atoms with Crippen LogP contribution in [0.5, 0.6) is 0 Å². The average molecular weight is 220 g/mol. The predicted octanol–water partition coefficient (Wildman–Crippen LogP) is 1.26. The van der Waals surface area contributed by atoms with E-state index >= 15 is 0 Å². The van der Waals surface area contributed by atoms with Gasteiger partial charge in [0.2, 0.25) is 0 Å². The minimum Gasteiger partial charge on any atom is -0.378 e. The van der Waals surface area contributed by atoms with Gasteiger partial charge in [0.25, 0.3) is 0 Å². The normalized spacial score (nSPS) is 21.1. The quantitative estimate of drug-likeness (QED) is 0.831. The maximum atomic E-state index is 4.19. The third-order valence-corrected chi connectivity index (χ3v) is 3.03. The zero-order chi connectivity index (χ0) is 11.5. The molecule has 2 rings (SSSR count). The molecule has 0 bridgehead atoms. The number of aromatic nitrogens is 1. The van der Waals surface area contributed by atoms with Crippen molar-refractivity contribution in [3.05, 3.63) is 18.5 Å². The van der Waals surface area contributed by atoms with Gasteiger partial charge >= 0.3 is 0 Å². The minimum absolute atomic E-state index is 0.549. The van der Waals surface area contributed by atoms with Crippen LogP contribution in [-0.4, -0.2) is 50.2 Å². The van der Waals surface area contributed by atoms with Gasteiger partial charge in [-0.05, 0) is 26.1 Å². The molecule has 4 heteroatoms. The Hall–Kier alpha value is -1.29. The summed E-state index contributed by atoms with van der Waals surface area (Å²) in [6.45, 7) is 2.29. The van der Waals surface area contributed by atoms with E-state index in [0.717, 1.165) is 12.2 Å². The molecular weight excluding hydrogens is 200 g/mol. The molecule has 1 N–H and O–H groups in total. The highest BCUT2D eigenvalue weighted by atomic mass is 15.2. The third-order valence-electron chi connectivity index (χ3n) is 3.03. The van der Waals surface area contributed by atoms with Crippen LogP contribution in [0.2, 0.25) is 0 Å². The number of nitrogens with zero attached hydrogens (tertiary/aromatic N) is 3. The third kappa shape index (κ3) is 2.44. The summed E-state index contributed by atoms with van der Waals surface area (Å²) in [5.74, 6) is 0. The molecule has 1 aromatic heterocycles. The lowest BCUT2D eigenvalue weighted by Gasteiger charge is -2.21. The lowest BCUT2D eigenvalue weighted by molar-refractivity contribution is 0.414. The van der Waals surface area contributed by atoms with E-state index in [4.69, 9.17) is 0 Å². The molecule has 0 saturated carbocycles. The molecule has 1 aliphatic heterocycles. The monoisotopic (exact) mass is 220 g/mol. The maximum absolute atomic E-state index is 4.19. The average Bonchev–Trinajstić information content (AvgIpc) is 2.64. The smallest absolute Gasteiger partial charge is 0.0766 e. The van der Waals surface area contributed by atoms with Crippen LogP contribution in [0.25, 0.3) is 0 Å². The number of hydrogen-bond donors (Lipinski definition) is 1. The molecule has 0 radical (unpaired) electrons. The first kappa shape index (κ1) is 11.2. The van der Waals surface area contributed by atoms with Crippen molar-refractivity contribution in [2.75, 3.05) is 44.4 Å². The molecule has 16 heavy (non-hydrogen) atoms. The molecule has 4 nitrogen and oxygen atoms in total. The van der Waals surface area contributed by atoms with E-state index < -0.39 is 0 Å². The second-order valence-electron chi connectivity index (χ2n) is 4.68. The Morgan fingerprint density at radius 1 is 1.50 bits per heavy atom. The lowest BCUT2D eigenvalue weighted by atomic mass is 10.2. The SMILES string of the molecule is CN1CCC(Nc2cnccc2N(C)C)C1. The molecule has 1 fully saturated rings. The number of nitrogens with one attached hydrogen (secondary N) is 1. The maximum Gasteiger partial charge on any atom is 0.0766 e. The van der Waals surface area contributed by atoms with E-state index in [1.54, 1.807) is 0 Å². The molecule has 0 aliphatic carbocycles. The summed E-state index contributed by atoms with van der Waals surface area (Å²) in [6, 6.07) is 2.59. The van der Waals surface area contributed by atoms with Crippen LogP contribution < -0.4 is 10.2 Å². The largest absolute Gasteiger partial charge is 0.378 e. The van der Waals surface area contributed by atoms with E-state index in [1.807, 2.05) is 18.5 Å². The van der Waals surface area contributed by atoms with Gasteiger partial charge in [0.1, 0.15) is 0 Å². The van der Waals surface area contributed by atoms with Gasteiger partial charge in [0.05, 0.1) is 17.6 Å². The van der Waals surface area contributed by atoms with Gasteiger partial charge in [0, 0.05) is 32.9 Å². The van der Waals surface area contributed by atoms with Crippen LogP contribution in [0.15, 0.2) is 18.5 Å². The minimum atomic E-state index is 0.549. The van der Waals surface area contributed by atoms with Gasteiger partial charge in [-0.3, -0.25) is 4.98 Å². The van der Waals surface area contributed by atoms with Crippen LogP contribution in [-0.2, 0) is 0 Å². The predicted molar refractivity (Wildman–Crippen MR) is 68.1 cm³/mol. The molecule has 1 saturated heterocycles. The van der Waals surface area contributed by atoms with Crippen molar-refractivity contribution in [2.24, 2.45) is 0 Å². The summed E-state index contributed by atoms with van der Waals surface area (Å²) >= 11 is 0. The number of pyridine rings is 1. The highest BCUT2D eigenvalue weighted by Crippen LogP contribution is 2.24. The molecule has 1 aromatic rings. The van der Waals surface area contributed by atoms with E-state index in [0.29, 0.717) is 6.04 Å². The summed E-state index contributed by atoms with van der Waals surface area (Å²) < 4.78 is 0. The van der Waals surface area contributed by atoms with Crippen LogP contribution in [0, 0.1) is 0 Å². The number of hydrogen-bond acceptors (Lipinski definition) is 4. The zero-order valence-electron chi connectivity index (χ0n) is 10.3. The number of anilines is 2. The molecule has 1 atom stereocenters. The molecule has 0 amide bonds. The molecule has 1 aliphatic rings. The Kier molecular flexibility index (Phi) is 3.29. The van der Waals surface area contributed by atoms with Gasteiger partial charge in [0.15, 0.2) is 0 Å². The molecule has 0 spiro atoms. The van der Waals surface area contributed by atoms with Crippen molar-refractivity contribution in [3.8, 4) is 0 Å². The van der Waals surface area contributed by atoms with E-state index in [9.17, 15) is 0 Å². The number of likely N-dealkylation sites (N-methyl/N-ethyl adjacent to an activating group) is 1. The molecule has 0 aromatic carbocycles. The summed E-state index contributed by atoms with van der Waals surface area (Å²) in [4.78, 5) is 8.65. The fourth-order valence-electron chi connectivity index (χ4n) is 2.16. The summed E-state index contributed by atoms with van der Waals surface area (Å²) in [7, 11) is 6.28. The van der Waals surface area contributed by atoms with E-state index in [2.05, 4.69) is 41.2 Å². The van der Waals surface area contributed by atoms with Gasteiger partial charge in [-0.15, -0.1) is 0 Å². The van der Waals surface area contributed by atoms with Crippen LogP contribution in [0.1, 0.15) is 6.42 Å². The standard InChI is InChI=1S/C12H20N4/c1-15(2)12-4-6-13-8-11(12)14-10-5-7-16(3)9-10/h4,6,8,10,14H,5,7,9H2,1-3H3. The van der Waals surface area contributed by atoms with Crippen molar-refractivity contribution in [2.45, 2.75) is 12.5 Å². The second-order valence-corrected chi connectivity index (χ2v) is 4.68. The first-order chi connectivity index (χ1) is 7.66. The van der Waals surface area contributed by atoms with Gasteiger partial charge in [-0.1, -0.05) is 0 Å². The highest BCUT2D eigenvalue weighted by Gasteiger charge is 2.20. The van der Waals surface area contributed by atoms with Crippen LogP contribution in [0.3, 0.4) is 0 Å². The zero-order valence-corrected chi connectivity index (χ0v) is 10.3. The number of rotatable bonds is 3. The fourth-order valence-corrected chi connectivity index (χ4v) is 2.16. The number of likely N-dealkylation sites (tertiary alicyclic amines) is 1. The Morgan fingerprint density at radius 3 is 2.94 bits per heavy atom. The molecule has 2 heterocycles. The van der Waals surface area contributed by atoms with Crippen molar-refractivity contribution < 1.29 is 0 Å². The molecule has 88 valence electrons. The summed E-state index contributed by atoms with van der Waals surface area (Å²) in [5.41, 5.74) is 2.33. The van der Waals surface area contributed by atoms with Crippen molar-refractivity contribution in [3.63, 3.8) is 0 Å². The van der Waals surface area contributed by atoms with Crippen LogP contribution >= 0.6 is 0 Å². The van der Waals surface area contributed by atoms with Crippen molar-refractivity contribution in [1.82, 2.24) is 9.88 Å². The summed E-state index contributed by atoms with van der Waals surface area (Å²) in [6.07, 6.45) is 4.95. The Bertz CT molecular complexity index is 351. The van der Waals surface area contributed by atoms with E-state index in [-0.39, 0.29) is 0 Å². The Labute approximate surface area is 97.3 Å². The fraction of sp³-hybridized carbons (Fsp3) is 0.583. The van der Waals surface area contributed by atoms with E-state index in [1.165, 1.54) is 18.7 Å². The molecule has 1 unspecified atom stereocenters. The van der Waals surface area contributed by atoms with Gasteiger partial charge in [-0.2, -0.15) is 0 Å². The first-order valence-electron chi connectivity index (χ1n) is 5.73. The first-order valence-corrected chi connectivity index (χ1v) is 5.73. The van der Waals surface area contributed by atoms with Gasteiger partial charge in [-0.25, -0.2) is 0 Å². The summed E-state index contributed by atoms with van der Waals surface area (Å²) in [5, 5.41) is 3.58. The van der Waals surface area contributed by atoms with Crippen molar-refractivity contribution in [1.29, 1.82) is 0 Å². The molecular formula is C12H20N4. The van der Waals surface area contributed by atoms with Crippen LogP contribution in [0.4, 0.5) is 11.4 Å². The van der Waals surface area contributed by atoms with Gasteiger partial charge < -0.3 is 15.1 Å². The lowest BCUT2D eigenvalue weighted by Crippen LogP contribution is -2.24. The Balaban J connectivity index is 2.09. The second kappa shape index (κ2) is 4.70.